The molecular weight excluding hydrogens is 318 g/mol. The maximum absolute atomic E-state index is 10.6. The van der Waals surface area contributed by atoms with E-state index in [0.29, 0.717) is 12.8 Å². The molecule has 0 aromatic rings. The van der Waals surface area contributed by atoms with Gasteiger partial charge in [-0.05, 0) is 38.5 Å². The Balaban J connectivity index is 0. The van der Waals surface area contributed by atoms with Crippen LogP contribution >= 0.6 is 0 Å². The normalized spacial score (nSPS) is 13.3. The molecule has 0 spiro atoms. The Morgan fingerprint density at radius 2 is 1.33 bits per heavy atom. The van der Waals surface area contributed by atoms with Crippen LogP contribution < -0.4 is 5.32 Å². The Hall–Kier alpha value is -1.67. The fourth-order valence-corrected chi connectivity index (χ4v) is 1.68. The fraction of sp³-hybridized carbons (Fsp3) is 0.812. The van der Waals surface area contributed by atoms with Gasteiger partial charge in [-0.15, -0.1) is 0 Å². The molecule has 1 heterocycles. The molecule has 0 unspecified atom stereocenters. The van der Waals surface area contributed by atoms with Crippen molar-refractivity contribution >= 4 is 17.8 Å². The van der Waals surface area contributed by atoms with Gasteiger partial charge in [-0.3, -0.25) is 14.4 Å². The highest BCUT2D eigenvalue weighted by atomic mass is 16.4. The number of aliphatic hydroxyl groups is 2. The number of amides is 1. The third kappa shape index (κ3) is 25.3. The van der Waals surface area contributed by atoms with Gasteiger partial charge in [-0.25, -0.2) is 0 Å². The van der Waals surface area contributed by atoms with Gasteiger partial charge in [0, 0.05) is 39.0 Å². The molecule has 8 heteroatoms. The van der Waals surface area contributed by atoms with E-state index in [2.05, 4.69) is 5.32 Å². The summed E-state index contributed by atoms with van der Waals surface area (Å²) in [6.45, 7) is 1.28. The van der Waals surface area contributed by atoms with E-state index in [1.54, 1.807) is 0 Å². The number of rotatable bonds is 8. The zero-order chi connectivity index (χ0) is 18.6. The smallest absolute Gasteiger partial charge is 0.303 e. The maximum atomic E-state index is 10.6. The predicted octanol–water partition coefficient (Wildman–Crippen LogP) is 1.14. The molecule has 0 aromatic heterocycles. The first-order chi connectivity index (χ1) is 11.4. The molecule has 1 rings (SSSR count). The van der Waals surface area contributed by atoms with Gasteiger partial charge in [0.1, 0.15) is 0 Å². The van der Waals surface area contributed by atoms with Crippen LogP contribution in [0.5, 0.6) is 0 Å². The Morgan fingerprint density at radius 1 is 0.833 bits per heavy atom. The van der Waals surface area contributed by atoms with Crippen LogP contribution in [0.4, 0.5) is 0 Å². The maximum Gasteiger partial charge on any atom is 0.303 e. The van der Waals surface area contributed by atoms with Gasteiger partial charge in [0.2, 0.25) is 5.91 Å². The highest BCUT2D eigenvalue weighted by molar-refractivity contribution is 5.75. The quantitative estimate of drug-likeness (QED) is 0.413. The van der Waals surface area contributed by atoms with E-state index in [-0.39, 0.29) is 32.0 Å². The summed E-state index contributed by atoms with van der Waals surface area (Å²) in [5.74, 6) is -1.52. The molecule has 0 bridgehead atoms. The molecule has 1 saturated heterocycles. The lowest BCUT2D eigenvalue weighted by Gasteiger charge is -1.93. The van der Waals surface area contributed by atoms with Crippen LogP contribution in [-0.2, 0) is 14.4 Å². The SMILES string of the molecule is O=C(O)CCCCC(=O)O.O=C1CCCCCN1.OCCCCO. The van der Waals surface area contributed by atoms with E-state index in [4.69, 9.17) is 20.4 Å². The second-order valence-electron chi connectivity index (χ2n) is 5.31. The number of unbranched alkanes of at least 4 members (excludes halogenated alkanes) is 2. The van der Waals surface area contributed by atoms with Crippen molar-refractivity contribution in [2.24, 2.45) is 0 Å². The molecule has 24 heavy (non-hydrogen) atoms. The van der Waals surface area contributed by atoms with E-state index in [1.165, 1.54) is 6.42 Å². The summed E-state index contributed by atoms with van der Waals surface area (Å²) < 4.78 is 0. The highest BCUT2D eigenvalue weighted by Crippen LogP contribution is 2.02. The number of carboxylic acids is 2. The number of carbonyl (C=O) groups is 3. The molecule has 1 fully saturated rings. The Kier molecular flexibility index (Phi) is 19.8. The minimum atomic E-state index is -0.870. The number of carbonyl (C=O) groups excluding carboxylic acids is 1. The number of carboxylic acid groups (broad SMARTS) is 2. The monoisotopic (exact) mass is 349 g/mol. The molecule has 0 atom stereocenters. The zero-order valence-corrected chi connectivity index (χ0v) is 14.2. The molecule has 0 saturated carbocycles. The van der Waals surface area contributed by atoms with E-state index in [9.17, 15) is 14.4 Å². The lowest BCUT2D eigenvalue weighted by Crippen LogP contribution is -2.21. The van der Waals surface area contributed by atoms with Crippen LogP contribution in [0.25, 0.3) is 0 Å². The second kappa shape index (κ2) is 19.4. The lowest BCUT2D eigenvalue weighted by molar-refractivity contribution is -0.139. The summed E-state index contributed by atoms with van der Waals surface area (Å²) in [7, 11) is 0. The van der Waals surface area contributed by atoms with Crippen LogP contribution in [0.3, 0.4) is 0 Å². The summed E-state index contributed by atoms with van der Waals surface area (Å²) in [6.07, 6.45) is 6.63. The third-order valence-corrected chi connectivity index (χ3v) is 3.00. The summed E-state index contributed by atoms with van der Waals surface area (Å²) in [5.41, 5.74) is 0. The van der Waals surface area contributed by atoms with Crippen LogP contribution in [0.15, 0.2) is 0 Å². The second-order valence-corrected chi connectivity index (χ2v) is 5.31. The molecule has 0 radical (unpaired) electrons. The molecular formula is C16H31NO7. The van der Waals surface area contributed by atoms with Gasteiger partial charge in [0.25, 0.3) is 0 Å². The highest BCUT2D eigenvalue weighted by Gasteiger charge is 2.03. The minimum absolute atomic E-state index is 0.0628. The summed E-state index contributed by atoms with van der Waals surface area (Å²) in [4.78, 5) is 30.4. The predicted molar refractivity (Wildman–Crippen MR) is 88.6 cm³/mol. The van der Waals surface area contributed by atoms with Crippen molar-refractivity contribution in [2.45, 2.75) is 64.2 Å². The van der Waals surface area contributed by atoms with E-state index in [0.717, 1.165) is 38.6 Å². The fourth-order valence-electron chi connectivity index (χ4n) is 1.68. The molecule has 1 aliphatic heterocycles. The molecule has 0 aromatic carbocycles. The van der Waals surface area contributed by atoms with Crippen molar-refractivity contribution < 1.29 is 34.8 Å². The average Bonchev–Trinajstić information content (AvgIpc) is 2.78. The van der Waals surface area contributed by atoms with Gasteiger partial charge in [-0.2, -0.15) is 0 Å². The van der Waals surface area contributed by atoms with Crippen molar-refractivity contribution in [1.82, 2.24) is 5.32 Å². The van der Waals surface area contributed by atoms with E-state index in [1.807, 2.05) is 0 Å². The van der Waals surface area contributed by atoms with Gasteiger partial charge in [0.05, 0.1) is 0 Å². The largest absolute Gasteiger partial charge is 0.481 e. The summed E-state index contributed by atoms with van der Waals surface area (Å²) in [6, 6.07) is 0. The first kappa shape index (κ1) is 24.6. The van der Waals surface area contributed by atoms with Crippen molar-refractivity contribution in [2.75, 3.05) is 19.8 Å². The first-order valence-corrected chi connectivity index (χ1v) is 8.36. The lowest BCUT2D eigenvalue weighted by atomic mass is 10.2. The Morgan fingerprint density at radius 3 is 1.75 bits per heavy atom. The molecule has 1 amide bonds. The van der Waals surface area contributed by atoms with Crippen molar-refractivity contribution in [3.8, 4) is 0 Å². The number of aliphatic hydroxyl groups excluding tert-OH is 2. The number of hydrogen-bond donors (Lipinski definition) is 5. The van der Waals surface area contributed by atoms with Gasteiger partial charge < -0.3 is 25.7 Å². The summed E-state index contributed by atoms with van der Waals surface area (Å²) >= 11 is 0. The van der Waals surface area contributed by atoms with E-state index >= 15 is 0 Å². The Labute approximate surface area is 142 Å². The topological polar surface area (TPSA) is 144 Å². The number of nitrogens with one attached hydrogen (secondary N) is 1. The molecule has 1 aliphatic rings. The summed E-state index contributed by atoms with van der Waals surface area (Å²) in [5, 5.41) is 35.2. The van der Waals surface area contributed by atoms with Crippen LogP contribution in [0, 0.1) is 0 Å². The van der Waals surface area contributed by atoms with Gasteiger partial charge in [-0.1, -0.05) is 6.42 Å². The number of hydrogen-bond acceptors (Lipinski definition) is 5. The number of aliphatic carboxylic acids is 2. The molecule has 5 N–H and O–H groups in total. The zero-order valence-electron chi connectivity index (χ0n) is 14.2. The van der Waals surface area contributed by atoms with Crippen LogP contribution in [-0.4, -0.2) is 58.0 Å². The average molecular weight is 349 g/mol. The third-order valence-electron chi connectivity index (χ3n) is 3.00. The molecule has 8 nitrogen and oxygen atoms in total. The van der Waals surface area contributed by atoms with Gasteiger partial charge >= 0.3 is 11.9 Å². The molecule has 0 aliphatic carbocycles. The van der Waals surface area contributed by atoms with Gasteiger partial charge in [0.15, 0.2) is 0 Å². The first-order valence-electron chi connectivity index (χ1n) is 8.36. The van der Waals surface area contributed by atoms with Crippen LogP contribution in [0.1, 0.15) is 64.2 Å². The standard InChI is InChI=1S/C6H11NO.C6H10O4.C4H10O2/c8-6-4-2-1-3-5-7-6;7-5(8)3-1-2-4-6(9)10;5-3-1-2-4-6/h1-5H2,(H,7,8);1-4H2,(H,7,8)(H,9,10);5-6H,1-4H2. The van der Waals surface area contributed by atoms with Crippen molar-refractivity contribution in [3.63, 3.8) is 0 Å². The minimum Gasteiger partial charge on any atom is -0.481 e. The van der Waals surface area contributed by atoms with E-state index < -0.39 is 11.9 Å². The Bertz CT molecular complexity index is 304. The van der Waals surface area contributed by atoms with Crippen molar-refractivity contribution in [3.05, 3.63) is 0 Å². The van der Waals surface area contributed by atoms with Crippen molar-refractivity contribution in [1.29, 1.82) is 0 Å². The van der Waals surface area contributed by atoms with Crippen LogP contribution in [0.2, 0.25) is 0 Å². The molecule has 142 valence electrons.